The molecule has 1 spiro atoms. The van der Waals surface area contributed by atoms with Crippen LogP contribution in [0.3, 0.4) is 0 Å². The van der Waals surface area contributed by atoms with Gasteiger partial charge in [0, 0.05) is 11.3 Å². The quantitative estimate of drug-likeness (QED) is 0.592. The number of fused-ring (bicyclic) bond motifs is 1. The van der Waals surface area contributed by atoms with E-state index >= 15 is 0 Å². The van der Waals surface area contributed by atoms with Crippen LogP contribution in [0.25, 0.3) is 0 Å². The second-order valence-electron chi connectivity index (χ2n) is 7.09. The molecule has 1 nitrogen and oxygen atoms in total. The van der Waals surface area contributed by atoms with Gasteiger partial charge in [-0.05, 0) is 42.9 Å². The third-order valence-electron chi connectivity index (χ3n) is 6.05. The number of Topliss-reactive ketones (excluding diaryl/α,β-unsaturated/α-hetero) is 1. The fourth-order valence-electron chi connectivity index (χ4n) is 5.01. The van der Waals surface area contributed by atoms with Gasteiger partial charge in [0.05, 0.1) is 0 Å². The summed E-state index contributed by atoms with van der Waals surface area (Å²) >= 11 is 0. The van der Waals surface area contributed by atoms with Crippen LogP contribution in [0.15, 0.2) is 0 Å². The highest BCUT2D eigenvalue weighted by atomic mass is 16.1. The van der Waals surface area contributed by atoms with Crippen molar-refractivity contribution in [1.29, 1.82) is 0 Å². The van der Waals surface area contributed by atoms with Crippen molar-refractivity contribution in [3.8, 4) is 0 Å². The summed E-state index contributed by atoms with van der Waals surface area (Å²) in [4.78, 5) is 12.4. The molecule has 1 heteroatoms. The van der Waals surface area contributed by atoms with E-state index in [1.165, 1.54) is 32.1 Å². The predicted molar refractivity (Wildman–Crippen MR) is 60.5 cm³/mol. The van der Waals surface area contributed by atoms with Gasteiger partial charge in [0.25, 0.3) is 0 Å². The number of carbonyl (C=O) groups excluding carboxylic acids is 1. The van der Waals surface area contributed by atoms with Crippen LogP contribution in [0.1, 0.15) is 59.3 Å². The van der Waals surface area contributed by atoms with Gasteiger partial charge in [0.15, 0.2) is 0 Å². The first kappa shape index (κ1) is 9.86. The Morgan fingerprint density at radius 3 is 2.53 bits per heavy atom. The topological polar surface area (TPSA) is 17.1 Å². The van der Waals surface area contributed by atoms with Gasteiger partial charge in [-0.2, -0.15) is 0 Å². The second-order valence-corrected chi connectivity index (χ2v) is 7.09. The Bertz CT molecular complexity index is 330. The molecule has 0 amide bonds. The Balaban J connectivity index is 2.10. The molecule has 0 saturated heterocycles. The minimum atomic E-state index is 0.0618. The monoisotopic (exact) mass is 206 g/mol. The average Bonchev–Trinajstić information content (AvgIpc) is 2.60. The lowest BCUT2D eigenvalue weighted by Gasteiger charge is -2.51. The SMILES string of the molecule is CC1(C)CCC[C@H]2C(=O)[C@]3(C)CC[C@@]21C3. The molecule has 3 aliphatic carbocycles. The molecule has 15 heavy (non-hydrogen) atoms. The van der Waals surface area contributed by atoms with Crippen LogP contribution >= 0.6 is 0 Å². The molecule has 0 aromatic heterocycles. The van der Waals surface area contributed by atoms with E-state index in [9.17, 15) is 4.79 Å². The zero-order chi connectivity index (χ0) is 10.9. The van der Waals surface area contributed by atoms with E-state index in [2.05, 4.69) is 20.8 Å². The van der Waals surface area contributed by atoms with E-state index in [1.54, 1.807) is 0 Å². The minimum Gasteiger partial charge on any atom is -0.299 e. The number of hydrogen-bond acceptors (Lipinski definition) is 1. The highest BCUT2D eigenvalue weighted by Crippen LogP contribution is 2.72. The highest BCUT2D eigenvalue weighted by Gasteiger charge is 2.68. The van der Waals surface area contributed by atoms with Crippen molar-refractivity contribution >= 4 is 5.78 Å². The fraction of sp³-hybridized carbons (Fsp3) is 0.929. The number of rotatable bonds is 0. The standard InChI is InChI=1S/C14H22O/c1-12(2)6-4-5-10-11(15)13(3)7-8-14(10,12)9-13/h10H,4-9H2,1-3H3/t10-,13+,14+/m0/s1. The molecule has 2 bridgehead atoms. The van der Waals surface area contributed by atoms with Gasteiger partial charge in [-0.15, -0.1) is 0 Å². The van der Waals surface area contributed by atoms with Crippen LogP contribution in [0, 0.1) is 22.2 Å². The molecule has 3 atom stereocenters. The molecule has 84 valence electrons. The molecule has 3 saturated carbocycles. The summed E-state index contributed by atoms with van der Waals surface area (Å²) in [6.45, 7) is 7.03. The van der Waals surface area contributed by atoms with Crippen molar-refractivity contribution < 1.29 is 4.79 Å². The second kappa shape index (κ2) is 2.49. The van der Waals surface area contributed by atoms with Crippen LogP contribution in [-0.4, -0.2) is 5.78 Å². The zero-order valence-electron chi connectivity index (χ0n) is 10.2. The lowest BCUT2D eigenvalue weighted by atomic mass is 9.53. The number of hydrogen-bond donors (Lipinski definition) is 0. The van der Waals surface area contributed by atoms with Crippen molar-refractivity contribution in [3.05, 3.63) is 0 Å². The Hall–Kier alpha value is -0.330. The van der Waals surface area contributed by atoms with E-state index in [-0.39, 0.29) is 5.41 Å². The predicted octanol–water partition coefficient (Wildman–Crippen LogP) is 3.57. The maximum atomic E-state index is 12.4. The molecule has 0 aromatic rings. The van der Waals surface area contributed by atoms with Crippen molar-refractivity contribution in [3.63, 3.8) is 0 Å². The fourth-order valence-corrected chi connectivity index (χ4v) is 5.01. The first-order valence-corrected chi connectivity index (χ1v) is 6.46. The Morgan fingerprint density at radius 1 is 1.13 bits per heavy atom. The third-order valence-corrected chi connectivity index (χ3v) is 6.05. The number of ketones is 1. The highest BCUT2D eigenvalue weighted by molar-refractivity contribution is 5.91. The smallest absolute Gasteiger partial charge is 0.142 e. The first-order valence-electron chi connectivity index (χ1n) is 6.46. The Labute approximate surface area is 92.6 Å². The zero-order valence-corrected chi connectivity index (χ0v) is 10.2. The third kappa shape index (κ3) is 0.933. The van der Waals surface area contributed by atoms with Gasteiger partial charge < -0.3 is 0 Å². The van der Waals surface area contributed by atoms with Crippen molar-refractivity contribution in [1.82, 2.24) is 0 Å². The molecule has 3 fully saturated rings. The summed E-state index contributed by atoms with van der Waals surface area (Å²) in [5, 5.41) is 0. The van der Waals surface area contributed by atoms with Crippen molar-refractivity contribution in [2.45, 2.75) is 59.3 Å². The van der Waals surface area contributed by atoms with E-state index in [4.69, 9.17) is 0 Å². The van der Waals surface area contributed by atoms with Gasteiger partial charge in [-0.3, -0.25) is 4.79 Å². The maximum absolute atomic E-state index is 12.4. The van der Waals surface area contributed by atoms with E-state index in [0.29, 0.717) is 22.5 Å². The average molecular weight is 206 g/mol. The normalized spacial score (nSPS) is 51.9. The summed E-state index contributed by atoms with van der Waals surface area (Å²) in [6.07, 6.45) is 7.43. The summed E-state index contributed by atoms with van der Waals surface area (Å²) in [5.41, 5.74) is 0.850. The van der Waals surface area contributed by atoms with Crippen LogP contribution in [0.5, 0.6) is 0 Å². The Kier molecular flexibility index (Phi) is 1.64. The van der Waals surface area contributed by atoms with Crippen LogP contribution in [0.2, 0.25) is 0 Å². The van der Waals surface area contributed by atoms with Crippen LogP contribution in [0.4, 0.5) is 0 Å². The number of carbonyl (C=O) groups is 1. The molecule has 0 N–H and O–H groups in total. The Morgan fingerprint density at radius 2 is 1.87 bits per heavy atom. The molecule has 3 rings (SSSR count). The van der Waals surface area contributed by atoms with Gasteiger partial charge in [-0.25, -0.2) is 0 Å². The van der Waals surface area contributed by atoms with Gasteiger partial charge in [-0.1, -0.05) is 27.2 Å². The molecular weight excluding hydrogens is 184 g/mol. The molecule has 0 aromatic carbocycles. The van der Waals surface area contributed by atoms with E-state index < -0.39 is 0 Å². The first-order chi connectivity index (χ1) is 6.91. The van der Waals surface area contributed by atoms with Gasteiger partial charge in [0.1, 0.15) is 5.78 Å². The summed E-state index contributed by atoms with van der Waals surface area (Å²) < 4.78 is 0. The molecule has 3 aliphatic rings. The summed E-state index contributed by atoms with van der Waals surface area (Å²) in [7, 11) is 0. The van der Waals surface area contributed by atoms with Crippen LogP contribution in [-0.2, 0) is 4.79 Å². The molecule has 0 radical (unpaired) electrons. The van der Waals surface area contributed by atoms with E-state index in [0.717, 1.165) is 6.42 Å². The largest absolute Gasteiger partial charge is 0.299 e. The molecule has 0 aliphatic heterocycles. The lowest BCUT2D eigenvalue weighted by molar-refractivity contribution is -0.136. The summed E-state index contributed by atoms with van der Waals surface area (Å²) in [5.74, 6) is 1.03. The minimum absolute atomic E-state index is 0.0618. The van der Waals surface area contributed by atoms with E-state index in [1.807, 2.05) is 0 Å². The van der Waals surface area contributed by atoms with Crippen molar-refractivity contribution in [2.75, 3.05) is 0 Å². The van der Waals surface area contributed by atoms with Crippen LogP contribution < -0.4 is 0 Å². The molecule has 0 unspecified atom stereocenters. The van der Waals surface area contributed by atoms with Gasteiger partial charge in [0.2, 0.25) is 0 Å². The van der Waals surface area contributed by atoms with Crippen molar-refractivity contribution in [2.24, 2.45) is 22.2 Å². The lowest BCUT2D eigenvalue weighted by Crippen LogP contribution is -2.46. The molecule has 0 heterocycles. The molecular formula is C14H22O. The maximum Gasteiger partial charge on any atom is 0.142 e. The summed E-state index contributed by atoms with van der Waals surface area (Å²) in [6, 6.07) is 0. The van der Waals surface area contributed by atoms with Gasteiger partial charge >= 0.3 is 0 Å².